The highest BCUT2D eigenvalue weighted by atomic mass is 35.5. The fourth-order valence-electron chi connectivity index (χ4n) is 3.86. The highest BCUT2D eigenvalue weighted by molar-refractivity contribution is 6.42. The Morgan fingerprint density at radius 1 is 1.14 bits per heavy atom. The van der Waals surface area contributed by atoms with Crippen molar-refractivity contribution in [2.45, 2.75) is 38.4 Å². The second-order valence-corrected chi connectivity index (χ2v) is 7.89. The molecule has 0 radical (unpaired) electrons. The van der Waals surface area contributed by atoms with E-state index < -0.39 is 0 Å². The number of carbonyl (C=O) groups is 2. The first kappa shape index (κ1) is 19.2. The molecule has 146 valence electrons. The van der Waals surface area contributed by atoms with E-state index in [-0.39, 0.29) is 29.9 Å². The minimum Gasteiger partial charge on any atom is -0.374 e. The number of pyridine rings is 1. The van der Waals surface area contributed by atoms with Crippen molar-refractivity contribution in [2.24, 2.45) is 5.92 Å². The van der Waals surface area contributed by atoms with Crippen LogP contribution in [0.4, 0.5) is 17.2 Å². The monoisotopic (exact) mass is 419 g/mol. The van der Waals surface area contributed by atoms with Crippen LogP contribution in [-0.4, -0.2) is 29.0 Å². The Morgan fingerprint density at radius 2 is 1.93 bits per heavy atom. The van der Waals surface area contributed by atoms with Crippen LogP contribution in [0.5, 0.6) is 0 Å². The van der Waals surface area contributed by atoms with Crippen molar-refractivity contribution in [1.82, 2.24) is 4.98 Å². The zero-order chi connectivity index (χ0) is 19.8. The Bertz CT molecular complexity index is 919. The van der Waals surface area contributed by atoms with Crippen LogP contribution < -0.4 is 10.2 Å². The molecule has 4 rings (SSSR count). The second-order valence-electron chi connectivity index (χ2n) is 7.07. The topological polar surface area (TPSA) is 71.5 Å². The van der Waals surface area contributed by atoms with Crippen molar-refractivity contribution in [3.63, 3.8) is 0 Å². The third-order valence-corrected chi connectivity index (χ3v) is 5.85. The lowest BCUT2D eigenvalue weighted by Crippen LogP contribution is -2.37. The Kier molecular flexibility index (Phi) is 5.27. The lowest BCUT2D eigenvalue weighted by molar-refractivity contribution is -0.123. The summed E-state index contributed by atoms with van der Waals surface area (Å²) in [6.07, 6.45) is 4.30. The molecule has 2 amide bonds. The summed E-state index contributed by atoms with van der Waals surface area (Å²) in [5.41, 5.74) is 1.19. The smallest absolute Gasteiger partial charge is 0.237 e. The normalized spacial score (nSPS) is 22.9. The van der Waals surface area contributed by atoms with E-state index in [4.69, 9.17) is 27.9 Å². The number of hydrogen-bond acceptors (Lipinski definition) is 4. The Balaban J connectivity index is 1.69. The van der Waals surface area contributed by atoms with Crippen molar-refractivity contribution >= 4 is 52.2 Å². The first-order valence-corrected chi connectivity index (χ1v) is 9.86. The molecule has 2 fully saturated rings. The van der Waals surface area contributed by atoms with Crippen LogP contribution in [0.25, 0.3) is 0 Å². The molecule has 0 spiro atoms. The molecule has 0 saturated carbocycles. The number of aromatic nitrogens is 1. The van der Waals surface area contributed by atoms with Gasteiger partial charge < -0.3 is 10.1 Å². The van der Waals surface area contributed by atoms with Gasteiger partial charge >= 0.3 is 0 Å². The standard InChI is InChI=1S/C20H19Cl2N3O3/c1-11(26)24-19-7-3-13(10-23-19)25(12-2-5-16(21)17(22)8-12)20(27)15-9-14-4-6-18(15)28-14/h2-3,5,7-8,10,14-15,18H,4,6,9H2,1H3,(H,23,24,26). The number of ether oxygens (including phenoxy) is 1. The number of anilines is 3. The van der Waals surface area contributed by atoms with E-state index in [1.54, 1.807) is 41.4 Å². The summed E-state index contributed by atoms with van der Waals surface area (Å²) < 4.78 is 5.88. The molecule has 3 atom stereocenters. The predicted octanol–water partition coefficient (Wildman–Crippen LogP) is 4.58. The van der Waals surface area contributed by atoms with Gasteiger partial charge in [-0.15, -0.1) is 0 Å². The number of nitrogens with one attached hydrogen (secondary N) is 1. The number of halogens is 2. The molecule has 0 aliphatic carbocycles. The van der Waals surface area contributed by atoms with E-state index in [0.29, 0.717) is 27.2 Å². The Morgan fingerprint density at radius 3 is 2.50 bits per heavy atom. The summed E-state index contributed by atoms with van der Waals surface area (Å²) in [5, 5.41) is 3.40. The highest BCUT2D eigenvalue weighted by Crippen LogP contribution is 2.42. The number of hydrogen-bond donors (Lipinski definition) is 1. The number of carbonyl (C=O) groups excluding carboxylic acids is 2. The van der Waals surface area contributed by atoms with Gasteiger partial charge in [-0.1, -0.05) is 23.2 Å². The quantitative estimate of drug-likeness (QED) is 0.786. The van der Waals surface area contributed by atoms with Crippen molar-refractivity contribution in [3.8, 4) is 0 Å². The first-order chi connectivity index (χ1) is 13.4. The molecule has 2 aliphatic rings. The van der Waals surface area contributed by atoms with Crippen molar-refractivity contribution in [2.75, 3.05) is 10.2 Å². The lowest BCUT2D eigenvalue weighted by atomic mass is 9.88. The van der Waals surface area contributed by atoms with Gasteiger partial charge in [0, 0.05) is 6.92 Å². The van der Waals surface area contributed by atoms with Crippen LogP contribution in [-0.2, 0) is 14.3 Å². The van der Waals surface area contributed by atoms with Crippen molar-refractivity contribution in [1.29, 1.82) is 0 Å². The van der Waals surface area contributed by atoms with Crippen LogP contribution >= 0.6 is 23.2 Å². The average molecular weight is 420 g/mol. The van der Waals surface area contributed by atoms with E-state index in [0.717, 1.165) is 19.3 Å². The van der Waals surface area contributed by atoms with Crippen LogP contribution in [0.2, 0.25) is 10.0 Å². The van der Waals surface area contributed by atoms with Crippen LogP contribution in [0, 0.1) is 5.92 Å². The van der Waals surface area contributed by atoms with Crippen molar-refractivity contribution < 1.29 is 14.3 Å². The van der Waals surface area contributed by atoms with Gasteiger partial charge in [-0.2, -0.15) is 0 Å². The molecule has 8 heteroatoms. The van der Waals surface area contributed by atoms with Gasteiger partial charge in [0.05, 0.1) is 45.7 Å². The molecular formula is C20H19Cl2N3O3. The molecule has 6 nitrogen and oxygen atoms in total. The average Bonchev–Trinajstić information content (AvgIpc) is 3.29. The zero-order valence-corrected chi connectivity index (χ0v) is 16.7. The summed E-state index contributed by atoms with van der Waals surface area (Å²) >= 11 is 12.2. The van der Waals surface area contributed by atoms with Gasteiger partial charge in [-0.05, 0) is 49.6 Å². The van der Waals surface area contributed by atoms with Crippen LogP contribution in [0.15, 0.2) is 36.5 Å². The van der Waals surface area contributed by atoms with Crippen LogP contribution in [0.1, 0.15) is 26.2 Å². The van der Waals surface area contributed by atoms with Gasteiger partial charge in [-0.3, -0.25) is 14.5 Å². The van der Waals surface area contributed by atoms with E-state index >= 15 is 0 Å². The molecule has 3 unspecified atom stereocenters. The molecule has 28 heavy (non-hydrogen) atoms. The van der Waals surface area contributed by atoms with Gasteiger partial charge in [0.25, 0.3) is 0 Å². The van der Waals surface area contributed by atoms with Crippen LogP contribution in [0.3, 0.4) is 0 Å². The fourth-order valence-corrected chi connectivity index (χ4v) is 4.16. The fraction of sp³-hybridized carbons (Fsp3) is 0.350. The van der Waals surface area contributed by atoms with E-state index in [9.17, 15) is 9.59 Å². The number of amides is 2. The van der Waals surface area contributed by atoms with Gasteiger partial charge in [0.2, 0.25) is 11.8 Å². The third kappa shape index (κ3) is 3.72. The minimum atomic E-state index is -0.211. The van der Waals surface area contributed by atoms with Gasteiger partial charge in [-0.25, -0.2) is 4.98 Å². The Hall–Kier alpha value is -2.15. The summed E-state index contributed by atoms with van der Waals surface area (Å²) in [6, 6.07) is 8.48. The molecule has 1 aromatic carbocycles. The lowest BCUT2D eigenvalue weighted by Gasteiger charge is -2.28. The molecule has 3 heterocycles. The number of fused-ring (bicyclic) bond motifs is 2. The maximum absolute atomic E-state index is 13.5. The number of rotatable bonds is 4. The van der Waals surface area contributed by atoms with E-state index in [1.807, 2.05) is 0 Å². The summed E-state index contributed by atoms with van der Waals surface area (Å²) in [7, 11) is 0. The largest absolute Gasteiger partial charge is 0.374 e. The highest BCUT2D eigenvalue weighted by Gasteiger charge is 2.46. The van der Waals surface area contributed by atoms with Gasteiger partial charge in [0.15, 0.2) is 0 Å². The van der Waals surface area contributed by atoms with Crippen molar-refractivity contribution in [3.05, 3.63) is 46.6 Å². The number of benzene rings is 1. The second kappa shape index (κ2) is 7.70. The molecule has 2 saturated heterocycles. The summed E-state index contributed by atoms with van der Waals surface area (Å²) in [4.78, 5) is 30.5. The molecule has 1 N–H and O–H groups in total. The van der Waals surface area contributed by atoms with Gasteiger partial charge in [0.1, 0.15) is 5.82 Å². The summed E-state index contributed by atoms with van der Waals surface area (Å²) in [5.74, 6) is -0.0549. The molecule has 2 bridgehead atoms. The van der Waals surface area contributed by atoms with E-state index in [2.05, 4.69) is 10.3 Å². The maximum Gasteiger partial charge on any atom is 0.237 e. The SMILES string of the molecule is CC(=O)Nc1ccc(N(C(=O)C2CC3CCC2O3)c2ccc(Cl)c(Cl)c2)cn1. The molecule has 2 aromatic rings. The Labute approximate surface area is 172 Å². The molecule has 1 aromatic heterocycles. The first-order valence-electron chi connectivity index (χ1n) is 9.10. The number of nitrogens with zero attached hydrogens (tertiary/aromatic N) is 2. The summed E-state index contributed by atoms with van der Waals surface area (Å²) in [6.45, 7) is 1.41. The molecular weight excluding hydrogens is 401 g/mol. The maximum atomic E-state index is 13.5. The predicted molar refractivity (Wildman–Crippen MR) is 108 cm³/mol. The third-order valence-electron chi connectivity index (χ3n) is 5.12. The van der Waals surface area contributed by atoms with E-state index in [1.165, 1.54) is 6.92 Å². The zero-order valence-electron chi connectivity index (χ0n) is 15.2. The molecule has 2 aliphatic heterocycles. The minimum absolute atomic E-state index is 0.0469.